The van der Waals surface area contributed by atoms with Crippen molar-refractivity contribution in [3.05, 3.63) is 59.9 Å². The Morgan fingerprint density at radius 3 is 2.44 bits per heavy atom. The highest BCUT2D eigenvalue weighted by Crippen LogP contribution is 2.27. The molecule has 6 nitrogen and oxygen atoms in total. The lowest BCUT2D eigenvalue weighted by molar-refractivity contribution is -0.125. The lowest BCUT2D eigenvalue weighted by Crippen LogP contribution is -2.41. The summed E-state index contributed by atoms with van der Waals surface area (Å²) in [7, 11) is 0. The molecule has 2 aliphatic rings. The minimum atomic E-state index is -0.260. The van der Waals surface area contributed by atoms with Gasteiger partial charge >= 0.3 is 0 Å². The first kappa shape index (κ1) is 22.8. The Morgan fingerprint density at radius 2 is 1.68 bits per heavy atom. The highest BCUT2D eigenvalue weighted by atomic mass is 19.1. The topological polar surface area (TPSA) is 53.4 Å². The zero-order chi connectivity index (χ0) is 23.3. The van der Waals surface area contributed by atoms with Crippen LogP contribution in [0.2, 0.25) is 0 Å². The predicted octanol–water partition coefficient (Wildman–Crippen LogP) is 4.19. The van der Waals surface area contributed by atoms with Crippen LogP contribution in [0.15, 0.2) is 48.5 Å². The van der Waals surface area contributed by atoms with Gasteiger partial charge < -0.3 is 19.7 Å². The number of hydrogen-bond donors (Lipinski definition) is 1. The van der Waals surface area contributed by atoms with Gasteiger partial charge in [0, 0.05) is 38.6 Å². The number of carbonyl (C=O) groups is 1. The van der Waals surface area contributed by atoms with Crippen LogP contribution in [-0.4, -0.2) is 53.1 Å². The smallest absolute Gasteiger partial charge is 0.223 e. The number of aromatic nitrogens is 2. The van der Waals surface area contributed by atoms with Gasteiger partial charge in [0.05, 0.1) is 11.0 Å². The van der Waals surface area contributed by atoms with Gasteiger partial charge in [-0.3, -0.25) is 4.79 Å². The number of hydrogen-bond acceptors (Lipinski definition) is 4. The number of benzene rings is 2. The van der Waals surface area contributed by atoms with Gasteiger partial charge in [-0.2, -0.15) is 0 Å². The second kappa shape index (κ2) is 10.6. The average molecular weight is 464 g/mol. The standard InChI is InChI=1S/C27H34FN5O/c28-23-10-8-21(9-11-23)20-29-26(34)22-12-16-32(17-13-22)27-30-24-6-2-3-7-25(24)33(27)19-18-31-14-4-1-5-15-31/h2-3,6-11,22H,1,4-5,12-20H2,(H,29,34). The molecule has 1 amide bonds. The van der Waals surface area contributed by atoms with E-state index in [1.807, 2.05) is 6.07 Å². The number of halogens is 1. The Labute approximate surface area is 200 Å². The maximum Gasteiger partial charge on any atom is 0.223 e. The summed E-state index contributed by atoms with van der Waals surface area (Å²) < 4.78 is 15.5. The van der Waals surface area contributed by atoms with E-state index in [4.69, 9.17) is 4.98 Å². The van der Waals surface area contributed by atoms with E-state index in [2.05, 4.69) is 37.9 Å². The van der Waals surface area contributed by atoms with Crippen LogP contribution in [0.5, 0.6) is 0 Å². The fraction of sp³-hybridized carbons (Fsp3) is 0.481. The van der Waals surface area contributed by atoms with Crippen LogP contribution in [-0.2, 0) is 17.9 Å². The van der Waals surface area contributed by atoms with E-state index >= 15 is 0 Å². The quantitative estimate of drug-likeness (QED) is 0.571. The van der Waals surface area contributed by atoms with E-state index in [0.717, 1.165) is 56.0 Å². The minimum absolute atomic E-state index is 0.00266. The van der Waals surface area contributed by atoms with E-state index in [9.17, 15) is 9.18 Å². The largest absolute Gasteiger partial charge is 0.352 e. The normalized spacial score (nSPS) is 17.9. The van der Waals surface area contributed by atoms with E-state index in [0.29, 0.717) is 6.54 Å². The summed E-state index contributed by atoms with van der Waals surface area (Å²) >= 11 is 0. The molecule has 0 atom stereocenters. The summed E-state index contributed by atoms with van der Waals surface area (Å²) in [4.78, 5) is 22.6. The first-order chi connectivity index (χ1) is 16.7. The van der Waals surface area contributed by atoms with Crippen molar-refractivity contribution in [2.45, 2.75) is 45.2 Å². The van der Waals surface area contributed by atoms with Gasteiger partial charge in [0.25, 0.3) is 0 Å². The molecular weight excluding hydrogens is 429 g/mol. The Bertz CT molecular complexity index is 1100. The van der Waals surface area contributed by atoms with Gasteiger partial charge in [0.2, 0.25) is 11.9 Å². The molecule has 5 rings (SSSR count). The molecule has 180 valence electrons. The zero-order valence-corrected chi connectivity index (χ0v) is 19.8. The lowest BCUT2D eigenvalue weighted by Gasteiger charge is -2.33. The third-order valence-electron chi connectivity index (χ3n) is 7.25. The van der Waals surface area contributed by atoms with Crippen molar-refractivity contribution < 1.29 is 9.18 Å². The molecule has 0 saturated carbocycles. The third kappa shape index (κ3) is 5.25. The van der Waals surface area contributed by atoms with Gasteiger partial charge in [-0.25, -0.2) is 9.37 Å². The summed E-state index contributed by atoms with van der Waals surface area (Å²) in [5.74, 6) is 0.859. The predicted molar refractivity (Wildman–Crippen MR) is 133 cm³/mol. The number of nitrogens with zero attached hydrogens (tertiary/aromatic N) is 4. The van der Waals surface area contributed by atoms with Crippen molar-refractivity contribution in [3.63, 3.8) is 0 Å². The Morgan fingerprint density at radius 1 is 0.941 bits per heavy atom. The Balaban J connectivity index is 1.21. The van der Waals surface area contributed by atoms with Crippen LogP contribution >= 0.6 is 0 Å². The van der Waals surface area contributed by atoms with Gasteiger partial charge in [0.15, 0.2) is 0 Å². The van der Waals surface area contributed by atoms with Crippen molar-refractivity contribution in [2.24, 2.45) is 5.92 Å². The number of carbonyl (C=O) groups excluding carboxylic acids is 1. The fourth-order valence-corrected chi connectivity index (χ4v) is 5.23. The van der Waals surface area contributed by atoms with E-state index in [-0.39, 0.29) is 17.6 Å². The monoisotopic (exact) mass is 463 g/mol. The number of anilines is 1. The molecule has 0 bridgehead atoms. The van der Waals surface area contributed by atoms with Crippen molar-refractivity contribution in [1.29, 1.82) is 0 Å². The number of likely N-dealkylation sites (tertiary alicyclic amines) is 1. The number of fused-ring (bicyclic) bond motifs is 1. The summed E-state index contributed by atoms with van der Waals surface area (Å²) in [6, 6.07) is 14.7. The second-order valence-electron chi connectivity index (χ2n) is 9.56. The molecule has 0 spiro atoms. The number of nitrogens with one attached hydrogen (secondary N) is 1. The molecule has 3 aromatic rings. The molecule has 1 N–H and O–H groups in total. The maximum atomic E-state index is 13.1. The van der Waals surface area contributed by atoms with Crippen molar-refractivity contribution in [1.82, 2.24) is 19.8 Å². The van der Waals surface area contributed by atoms with Crippen LogP contribution in [0.1, 0.15) is 37.7 Å². The number of para-hydroxylation sites is 2. The Hall–Kier alpha value is -2.93. The van der Waals surface area contributed by atoms with Crippen molar-refractivity contribution >= 4 is 22.9 Å². The summed E-state index contributed by atoms with van der Waals surface area (Å²) in [5.41, 5.74) is 3.14. The van der Waals surface area contributed by atoms with E-state index in [1.54, 1.807) is 12.1 Å². The van der Waals surface area contributed by atoms with Crippen LogP contribution in [0, 0.1) is 11.7 Å². The first-order valence-corrected chi connectivity index (χ1v) is 12.6. The number of rotatable bonds is 7. The van der Waals surface area contributed by atoms with E-state index < -0.39 is 0 Å². The van der Waals surface area contributed by atoms with Crippen LogP contribution < -0.4 is 10.2 Å². The van der Waals surface area contributed by atoms with Gasteiger partial charge in [-0.05, 0) is 68.6 Å². The van der Waals surface area contributed by atoms with Crippen molar-refractivity contribution in [2.75, 3.05) is 37.6 Å². The Kier molecular flexibility index (Phi) is 7.09. The maximum absolute atomic E-state index is 13.1. The summed E-state index contributed by atoms with van der Waals surface area (Å²) in [6.45, 7) is 6.46. The minimum Gasteiger partial charge on any atom is -0.352 e. The molecule has 2 aromatic carbocycles. The zero-order valence-electron chi connectivity index (χ0n) is 19.8. The SMILES string of the molecule is O=C(NCc1ccc(F)cc1)C1CCN(c2nc3ccccc3n2CCN2CCCCC2)CC1. The molecule has 0 unspecified atom stereocenters. The highest BCUT2D eigenvalue weighted by Gasteiger charge is 2.27. The first-order valence-electron chi connectivity index (χ1n) is 12.6. The molecule has 34 heavy (non-hydrogen) atoms. The van der Waals surface area contributed by atoms with Gasteiger partial charge in [-0.15, -0.1) is 0 Å². The molecule has 0 aliphatic carbocycles. The molecule has 3 heterocycles. The van der Waals surface area contributed by atoms with Crippen LogP contribution in [0.4, 0.5) is 10.3 Å². The highest BCUT2D eigenvalue weighted by molar-refractivity contribution is 5.80. The number of amides is 1. The molecule has 2 aliphatic heterocycles. The van der Waals surface area contributed by atoms with Crippen LogP contribution in [0.25, 0.3) is 11.0 Å². The average Bonchev–Trinajstić information content (AvgIpc) is 3.26. The van der Waals surface area contributed by atoms with Gasteiger partial charge in [0.1, 0.15) is 5.82 Å². The molecule has 7 heteroatoms. The molecule has 2 saturated heterocycles. The fourth-order valence-electron chi connectivity index (χ4n) is 5.23. The third-order valence-corrected chi connectivity index (χ3v) is 7.25. The van der Waals surface area contributed by atoms with Gasteiger partial charge in [-0.1, -0.05) is 30.7 Å². The number of imidazole rings is 1. The summed E-state index contributed by atoms with van der Waals surface area (Å²) in [5, 5.41) is 3.03. The van der Waals surface area contributed by atoms with Crippen molar-refractivity contribution in [3.8, 4) is 0 Å². The lowest BCUT2D eigenvalue weighted by atomic mass is 9.96. The molecule has 2 fully saturated rings. The second-order valence-corrected chi connectivity index (χ2v) is 9.56. The summed E-state index contributed by atoms with van der Waals surface area (Å²) in [6.07, 6.45) is 5.57. The van der Waals surface area contributed by atoms with E-state index in [1.165, 1.54) is 50.0 Å². The molecule has 0 radical (unpaired) electrons. The molecular formula is C27H34FN5O. The van der Waals surface area contributed by atoms with Crippen LogP contribution in [0.3, 0.4) is 0 Å². The number of piperidine rings is 2. The molecule has 1 aromatic heterocycles.